The molecule has 2 heterocycles. The maximum Gasteiger partial charge on any atom is 0.253 e. The van der Waals surface area contributed by atoms with Gasteiger partial charge < -0.3 is 0 Å². The number of carbonyl (C=O) groups is 1. The number of thiazole rings is 1. The second kappa shape index (κ2) is 7.05. The highest BCUT2D eigenvalue weighted by atomic mass is 32.2. The zero-order valence-corrected chi connectivity index (χ0v) is 15.8. The minimum absolute atomic E-state index is 0.0950. The van der Waals surface area contributed by atoms with Crippen molar-refractivity contribution in [3.8, 4) is 0 Å². The first-order valence-electron chi connectivity index (χ1n) is 8.26. The number of hydrogen-bond acceptors (Lipinski definition) is 5. The largest absolute Gasteiger partial charge is 0.278 e. The van der Waals surface area contributed by atoms with Crippen molar-refractivity contribution in [3.63, 3.8) is 0 Å². The number of hydrogen-bond donors (Lipinski definition) is 1. The summed E-state index contributed by atoms with van der Waals surface area (Å²) < 4.78 is 0. The van der Waals surface area contributed by atoms with Gasteiger partial charge in [0, 0.05) is 17.5 Å². The highest BCUT2D eigenvalue weighted by molar-refractivity contribution is 8.15. The van der Waals surface area contributed by atoms with Gasteiger partial charge in [-0.15, -0.1) is 11.3 Å². The third kappa shape index (κ3) is 3.30. The Labute approximate surface area is 160 Å². The molecule has 0 aliphatic carbocycles. The Morgan fingerprint density at radius 1 is 1.12 bits per heavy atom. The maximum absolute atomic E-state index is 12.9. The lowest BCUT2D eigenvalue weighted by atomic mass is 10.1. The van der Waals surface area contributed by atoms with E-state index in [4.69, 9.17) is 5.41 Å². The molecule has 4 rings (SSSR count). The summed E-state index contributed by atoms with van der Waals surface area (Å²) in [4.78, 5) is 19.8. The van der Waals surface area contributed by atoms with Crippen LogP contribution in [0.5, 0.6) is 0 Å². The Balaban J connectivity index is 1.54. The first-order chi connectivity index (χ1) is 12.6. The number of benzene rings is 2. The van der Waals surface area contributed by atoms with E-state index in [1.54, 1.807) is 6.20 Å². The molecule has 130 valence electrons. The molecule has 1 atom stereocenters. The van der Waals surface area contributed by atoms with Crippen LogP contribution in [0.2, 0.25) is 0 Å². The minimum Gasteiger partial charge on any atom is -0.278 e. The number of rotatable bonds is 4. The van der Waals surface area contributed by atoms with Gasteiger partial charge >= 0.3 is 0 Å². The van der Waals surface area contributed by atoms with E-state index < -0.39 is 0 Å². The molecule has 1 saturated heterocycles. The van der Waals surface area contributed by atoms with Crippen molar-refractivity contribution in [1.82, 2.24) is 4.98 Å². The van der Waals surface area contributed by atoms with Crippen molar-refractivity contribution < 1.29 is 4.79 Å². The summed E-state index contributed by atoms with van der Waals surface area (Å²) in [6.07, 6.45) is 2.59. The molecule has 1 fully saturated rings. The molecule has 0 bridgehead atoms. The van der Waals surface area contributed by atoms with Crippen LogP contribution in [0.4, 0.5) is 5.13 Å². The number of amidine groups is 1. The fourth-order valence-corrected chi connectivity index (χ4v) is 4.86. The van der Waals surface area contributed by atoms with Gasteiger partial charge in [-0.2, -0.15) is 0 Å². The lowest BCUT2D eigenvalue weighted by molar-refractivity contribution is -0.117. The molecule has 0 saturated carbocycles. The summed E-state index contributed by atoms with van der Waals surface area (Å²) in [6.45, 7) is 2.07. The number of aryl methyl sites for hydroxylation is 1. The summed E-state index contributed by atoms with van der Waals surface area (Å²) >= 11 is 2.74. The quantitative estimate of drug-likeness (QED) is 0.708. The number of anilines is 1. The van der Waals surface area contributed by atoms with Gasteiger partial charge in [0.2, 0.25) is 0 Å². The summed E-state index contributed by atoms with van der Waals surface area (Å²) in [6, 6.07) is 18.0. The Morgan fingerprint density at radius 3 is 2.58 bits per heavy atom. The van der Waals surface area contributed by atoms with Crippen LogP contribution in [0.15, 0.2) is 60.8 Å². The fourth-order valence-electron chi connectivity index (χ4n) is 2.84. The van der Waals surface area contributed by atoms with Crippen molar-refractivity contribution in [2.75, 3.05) is 4.90 Å². The highest BCUT2D eigenvalue weighted by Gasteiger charge is 2.40. The molecular weight excluding hydrogens is 362 g/mol. The van der Waals surface area contributed by atoms with Crippen LogP contribution in [0.3, 0.4) is 0 Å². The van der Waals surface area contributed by atoms with Crippen molar-refractivity contribution in [3.05, 3.63) is 82.4 Å². The first kappa shape index (κ1) is 17.0. The van der Waals surface area contributed by atoms with Gasteiger partial charge in [-0.05, 0) is 18.1 Å². The number of nitrogens with zero attached hydrogens (tertiary/aromatic N) is 2. The van der Waals surface area contributed by atoms with Crippen LogP contribution >= 0.6 is 23.1 Å². The first-order valence-corrected chi connectivity index (χ1v) is 9.96. The van der Waals surface area contributed by atoms with Crippen molar-refractivity contribution in [2.24, 2.45) is 0 Å². The van der Waals surface area contributed by atoms with Crippen LogP contribution in [0.1, 0.15) is 26.8 Å². The van der Waals surface area contributed by atoms with Crippen LogP contribution in [-0.4, -0.2) is 16.1 Å². The number of nitrogens with one attached hydrogen (secondary N) is 1. The summed E-state index contributed by atoms with van der Waals surface area (Å²) in [5, 5.41) is 8.69. The Kier molecular flexibility index (Phi) is 4.61. The smallest absolute Gasteiger partial charge is 0.253 e. The average Bonchev–Trinajstić information content (AvgIpc) is 3.21. The predicted molar refractivity (Wildman–Crippen MR) is 108 cm³/mol. The van der Waals surface area contributed by atoms with Crippen LogP contribution < -0.4 is 4.90 Å². The Hall–Kier alpha value is -2.44. The molecule has 1 N–H and O–H groups in total. The van der Waals surface area contributed by atoms with Gasteiger partial charge in [0.15, 0.2) is 10.3 Å². The normalized spacial score (nSPS) is 17.1. The monoisotopic (exact) mass is 379 g/mol. The summed E-state index contributed by atoms with van der Waals surface area (Å²) in [5.74, 6) is -0.0950. The van der Waals surface area contributed by atoms with E-state index in [1.807, 2.05) is 30.3 Å². The SMILES string of the molecule is Cc1ccc(Cc2cnc(N3C(=N)S[C@@H](c4ccccc4)C3=O)s2)cc1. The number of thioether (sulfide) groups is 1. The lowest BCUT2D eigenvalue weighted by Gasteiger charge is -2.11. The van der Waals surface area contributed by atoms with Gasteiger partial charge in [0.05, 0.1) is 0 Å². The fraction of sp³-hybridized carbons (Fsp3) is 0.150. The summed E-state index contributed by atoms with van der Waals surface area (Å²) in [7, 11) is 0. The van der Waals surface area contributed by atoms with E-state index in [9.17, 15) is 4.79 Å². The van der Waals surface area contributed by atoms with Crippen molar-refractivity contribution in [1.29, 1.82) is 5.41 Å². The van der Waals surface area contributed by atoms with E-state index in [0.717, 1.165) is 16.9 Å². The van der Waals surface area contributed by atoms with E-state index in [1.165, 1.54) is 39.1 Å². The number of amides is 1. The van der Waals surface area contributed by atoms with Crippen LogP contribution in [0, 0.1) is 12.3 Å². The van der Waals surface area contributed by atoms with Crippen molar-refractivity contribution >= 4 is 39.3 Å². The van der Waals surface area contributed by atoms with Crippen LogP contribution in [0.25, 0.3) is 0 Å². The van der Waals surface area contributed by atoms with E-state index >= 15 is 0 Å². The van der Waals surface area contributed by atoms with Crippen molar-refractivity contribution in [2.45, 2.75) is 18.6 Å². The van der Waals surface area contributed by atoms with E-state index in [2.05, 4.69) is 36.2 Å². The Morgan fingerprint density at radius 2 is 1.85 bits per heavy atom. The van der Waals surface area contributed by atoms with Crippen LogP contribution in [-0.2, 0) is 11.2 Å². The molecule has 1 amide bonds. The molecule has 1 aromatic heterocycles. The standard InChI is InChI=1S/C20H17N3OS2/c1-13-7-9-14(10-8-13)11-16-12-22-20(25-16)23-18(24)17(26-19(23)21)15-5-3-2-4-6-15/h2-10,12,17,21H,11H2,1H3/t17-/m0/s1. The molecule has 2 aromatic carbocycles. The average molecular weight is 380 g/mol. The molecule has 26 heavy (non-hydrogen) atoms. The molecular formula is C20H17N3OS2. The molecule has 1 aliphatic rings. The predicted octanol–water partition coefficient (Wildman–Crippen LogP) is 4.80. The second-order valence-electron chi connectivity index (χ2n) is 6.16. The van der Waals surface area contributed by atoms with Gasteiger partial charge in [-0.25, -0.2) is 9.88 Å². The zero-order chi connectivity index (χ0) is 18.1. The minimum atomic E-state index is -0.367. The summed E-state index contributed by atoms with van der Waals surface area (Å²) in [5.41, 5.74) is 3.37. The molecule has 0 spiro atoms. The molecule has 0 radical (unpaired) electrons. The van der Waals surface area contributed by atoms with Gasteiger partial charge in [-0.1, -0.05) is 71.9 Å². The molecule has 0 unspecified atom stereocenters. The molecule has 6 heteroatoms. The number of carbonyl (C=O) groups excluding carboxylic acids is 1. The maximum atomic E-state index is 12.9. The van der Waals surface area contributed by atoms with E-state index in [0.29, 0.717) is 5.13 Å². The van der Waals surface area contributed by atoms with Gasteiger partial charge in [0.1, 0.15) is 5.25 Å². The third-order valence-electron chi connectivity index (χ3n) is 4.21. The molecule has 4 nitrogen and oxygen atoms in total. The Bertz CT molecular complexity index is 951. The highest BCUT2D eigenvalue weighted by Crippen LogP contribution is 2.42. The van der Waals surface area contributed by atoms with Gasteiger partial charge in [0.25, 0.3) is 5.91 Å². The number of aromatic nitrogens is 1. The van der Waals surface area contributed by atoms with Gasteiger partial charge in [-0.3, -0.25) is 10.2 Å². The topological polar surface area (TPSA) is 57.1 Å². The molecule has 3 aromatic rings. The second-order valence-corrected chi connectivity index (χ2v) is 8.35. The van der Waals surface area contributed by atoms with E-state index in [-0.39, 0.29) is 16.3 Å². The third-order valence-corrected chi connectivity index (χ3v) is 6.31. The molecule has 1 aliphatic heterocycles. The zero-order valence-electron chi connectivity index (χ0n) is 14.2. The lowest BCUT2D eigenvalue weighted by Crippen LogP contribution is -2.29.